The van der Waals surface area contributed by atoms with Gasteiger partial charge in [0.05, 0.1) is 11.4 Å². The van der Waals surface area contributed by atoms with E-state index in [0.717, 1.165) is 11.4 Å². The molecule has 0 saturated heterocycles. The number of hydrogen-bond acceptors (Lipinski definition) is 2. The number of nitrogens with two attached hydrogens (primary N) is 1. The highest BCUT2D eigenvalue weighted by molar-refractivity contribution is 5.69. The molecule has 12 heavy (non-hydrogen) atoms. The highest BCUT2D eigenvalue weighted by Gasteiger charge is 2.03. The molecule has 0 aliphatic carbocycles. The number of anilines is 2. The largest absolute Gasteiger partial charge is 0.397 e. The molecule has 0 radical (unpaired) electrons. The lowest BCUT2D eigenvalue weighted by Gasteiger charge is -2.16. The molecule has 0 aliphatic rings. The lowest BCUT2D eigenvalue weighted by atomic mass is 10.1. The molecule has 66 valence electrons. The van der Waals surface area contributed by atoms with Crippen LogP contribution < -0.4 is 10.6 Å². The van der Waals surface area contributed by atoms with Gasteiger partial charge in [-0.3, -0.25) is 0 Å². The fourth-order valence-corrected chi connectivity index (χ4v) is 1.21. The van der Waals surface area contributed by atoms with Gasteiger partial charge in [-0.1, -0.05) is 0 Å². The average Bonchev–Trinajstić information content (AvgIpc) is 1.96. The number of hydrogen-bond donors (Lipinski definition) is 1. The zero-order valence-corrected chi connectivity index (χ0v) is 8.18. The van der Waals surface area contributed by atoms with Crippen molar-refractivity contribution in [1.29, 1.82) is 0 Å². The third-order valence-electron chi connectivity index (χ3n) is 2.12. The molecule has 0 aromatic heterocycles. The van der Waals surface area contributed by atoms with Crippen LogP contribution in [-0.2, 0) is 0 Å². The summed E-state index contributed by atoms with van der Waals surface area (Å²) in [4.78, 5) is 2.03. The summed E-state index contributed by atoms with van der Waals surface area (Å²) < 4.78 is 0. The first-order valence-electron chi connectivity index (χ1n) is 4.06. The highest BCUT2D eigenvalue weighted by Crippen LogP contribution is 2.24. The zero-order chi connectivity index (χ0) is 9.30. The fraction of sp³-hybridized carbons (Fsp3) is 0.400. The van der Waals surface area contributed by atoms with Gasteiger partial charge in [-0.25, -0.2) is 0 Å². The zero-order valence-electron chi connectivity index (χ0n) is 8.18. The van der Waals surface area contributed by atoms with Crippen molar-refractivity contribution in [3.05, 3.63) is 23.3 Å². The van der Waals surface area contributed by atoms with E-state index in [0.29, 0.717) is 0 Å². The lowest BCUT2D eigenvalue weighted by Crippen LogP contribution is -2.11. The standard InChI is InChI=1S/C10H16N2/c1-7-5-9(11)10(12(3)4)6-8(7)2/h5-6H,11H2,1-4H3. The van der Waals surface area contributed by atoms with E-state index < -0.39 is 0 Å². The molecule has 2 N–H and O–H groups in total. The van der Waals surface area contributed by atoms with Crippen LogP contribution in [0.5, 0.6) is 0 Å². The first kappa shape index (κ1) is 8.91. The Bertz CT molecular complexity index is 290. The van der Waals surface area contributed by atoms with Gasteiger partial charge in [0.15, 0.2) is 0 Å². The molecular formula is C10H16N2. The van der Waals surface area contributed by atoms with E-state index in [1.807, 2.05) is 25.1 Å². The molecule has 0 saturated carbocycles. The van der Waals surface area contributed by atoms with Gasteiger partial charge in [-0.15, -0.1) is 0 Å². The van der Waals surface area contributed by atoms with Crippen LogP contribution in [0.3, 0.4) is 0 Å². The van der Waals surface area contributed by atoms with Gasteiger partial charge in [0.1, 0.15) is 0 Å². The molecular weight excluding hydrogens is 148 g/mol. The average molecular weight is 164 g/mol. The third-order valence-corrected chi connectivity index (χ3v) is 2.12. The van der Waals surface area contributed by atoms with Crippen LogP contribution in [0.25, 0.3) is 0 Å². The molecule has 0 unspecified atom stereocenters. The van der Waals surface area contributed by atoms with Crippen molar-refractivity contribution in [3.63, 3.8) is 0 Å². The van der Waals surface area contributed by atoms with Gasteiger partial charge in [0.25, 0.3) is 0 Å². The molecule has 0 amide bonds. The SMILES string of the molecule is Cc1cc(N)c(N(C)C)cc1C. The predicted molar refractivity (Wildman–Crippen MR) is 54.7 cm³/mol. The van der Waals surface area contributed by atoms with Crippen molar-refractivity contribution < 1.29 is 0 Å². The van der Waals surface area contributed by atoms with Crippen molar-refractivity contribution in [3.8, 4) is 0 Å². The van der Waals surface area contributed by atoms with Crippen LogP contribution in [0.2, 0.25) is 0 Å². The molecule has 2 nitrogen and oxygen atoms in total. The Hall–Kier alpha value is -1.18. The van der Waals surface area contributed by atoms with Gasteiger partial charge < -0.3 is 10.6 Å². The van der Waals surface area contributed by atoms with Gasteiger partial charge in [-0.2, -0.15) is 0 Å². The summed E-state index contributed by atoms with van der Waals surface area (Å²) >= 11 is 0. The van der Waals surface area contributed by atoms with E-state index >= 15 is 0 Å². The second-order valence-electron chi connectivity index (χ2n) is 3.39. The summed E-state index contributed by atoms with van der Waals surface area (Å²) in [7, 11) is 4.00. The van der Waals surface area contributed by atoms with Crippen LogP contribution in [0, 0.1) is 13.8 Å². The quantitative estimate of drug-likeness (QED) is 0.643. The minimum atomic E-state index is 0.850. The van der Waals surface area contributed by atoms with Crippen LogP contribution in [0.15, 0.2) is 12.1 Å². The molecule has 0 fully saturated rings. The van der Waals surface area contributed by atoms with Crippen molar-refractivity contribution in [2.24, 2.45) is 0 Å². The summed E-state index contributed by atoms with van der Waals surface area (Å²) in [5.41, 5.74) is 10.3. The van der Waals surface area contributed by atoms with Crippen molar-refractivity contribution in [1.82, 2.24) is 0 Å². The van der Waals surface area contributed by atoms with Gasteiger partial charge in [0.2, 0.25) is 0 Å². The van der Waals surface area contributed by atoms with E-state index in [1.165, 1.54) is 11.1 Å². The van der Waals surface area contributed by atoms with E-state index in [9.17, 15) is 0 Å². The maximum absolute atomic E-state index is 5.85. The molecule has 0 bridgehead atoms. The van der Waals surface area contributed by atoms with Gasteiger partial charge in [-0.05, 0) is 37.1 Å². The Kier molecular flexibility index (Phi) is 2.27. The third kappa shape index (κ3) is 1.52. The number of benzene rings is 1. The van der Waals surface area contributed by atoms with Crippen LogP contribution in [0.4, 0.5) is 11.4 Å². The minimum absolute atomic E-state index is 0.850. The fourth-order valence-electron chi connectivity index (χ4n) is 1.21. The summed E-state index contributed by atoms with van der Waals surface area (Å²) in [6.45, 7) is 4.17. The van der Waals surface area contributed by atoms with Crippen LogP contribution in [-0.4, -0.2) is 14.1 Å². The first-order valence-corrected chi connectivity index (χ1v) is 4.06. The maximum atomic E-state index is 5.85. The minimum Gasteiger partial charge on any atom is -0.397 e. The van der Waals surface area contributed by atoms with E-state index in [1.54, 1.807) is 0 Å². The van der Waals surface area contributed by atoms with Crippen LogP contribution >= 0.6 is 0 Å². The Labute approximate surface area is 74.0 Å². The Morgan fingerprint density at radius 2 is 1.58 bits per heavy atom. The van der Waals surface area contributed by atoms with Crippen molar-refractivity contribution in [2.45, 2.75) is 13.8 Å². The summed E-state index contributed by atoms with van der Waals surface area (Å²) in [6.07, 6.45) is 0. The second kappa shape index (κ2) is 3.05. The normalized spacial score (nSPS) is 10.0. The number of nitrogens with zero attached hydrogens (tertiary/aromatic N) is 1. The topological polar surface area (TPSA) is 29.3 Å². The van der Waals surface area contributed by atoms with Crippen molar-refractivity contribution in [2.75, 3.05) is 24.7 Å². The highest BCUT2D eigenvalue weighted by atomic mass is 15.1. The first-order chi connectivity index (χ1) is 5.52. The number of rotatable bonds is 1. The van der Waals surface area contributed by atoms with E-state index in [-0.39, 0.29) is 0 Å². The lowest BCUT2D eigenvalue weighted by molar-refractivity contribution is 1.12. The molecule has 1 rings (SSSR count). The van der Waals surface area contributed by atoms with Gasteiger partial charge >= 0.3 is 0 Å². The van der Waals surface area contributed by atoms with Crippen LogP contribution in [0.1, 0.15) is 11.1 Å². The molecule has 1 aromatic carbocycles. The predicted octanol–water partition coefficient (Wildman–Crippen LogP) is 1.95. The molecule has 0 heterocycles. The van der Waals surface area contributed by atoms with E-state index in [4.69, 9.17) is 5.73 Å². The summed E-state index contributed by atoms with van der Waals surface area (Å²) in [5, 5.41) is 0. The van der Waals surface area contributed by atoms with Gasteiger partial charge in [0, 0.05) is 14.1 Å². The number of aryl methyl sites for hydroxylation is 2. The summed E-state index contributed by atoms with van der Waals surface area (Å²) in [5.74, 6) is 0. The molecule has 0 atom stereocenters. The Morgan fingerprint density at radius 1 is 1.08 bits per heavy atom. The Balaban J connectivity index is 3.23. The van der Waals surface area contributed by atoms with E-state index in [2.05, 4.69) is 19.9 Å². The Morgan fingerprint density at radius 3 is 2.08 bits per heavy atom. The number of nitrogen functional groups attached to an aromatic ring is 1. The molecule has 1 aromatic rings. The molecule has 2 heteroatoms. The second-order valence-corrected chi connectivity index (χ2v) is 3.39. The molecule has 0 aliphatic heterocycles. The summed E-state index contributed by atoms with van der Waals surface area (Å²) in [6, 6.07) is 4.13. The smallest absolute Gasteiger partial charge is 0.0597 e. The maximum Gasteiger partial charge on any atom is 0.0597 e. The monoisotopic (exact) mass is 164 g/mol. The van der Waals surface area contributed by atoms with Crippen molar-refractivity contribution >= 4 is 11.4 Å². The molecule has 0 spiro atoms.